The summed E-state index contributed by atoms with van der Waals surface area (Å²) in [6.07, 6.45) is -0.0913. The Kier molecular flexibility index (Phi) is 5.60. The molecule has 0 bridgehead atoms. The average Bonchev–Trinajstić information content (AvgIpc) is 2.24. The third-order valence-corrected chi connectivity index (χ3v) is 3.48. The number of amides is 2. The van der Waals surface area contributed by atoms with E-state index in [9.17, 15) is 9.59 Å². The van der Waals surface area contributed by atoms with Gasteiger partial charge in [0.1, 0.15) is 0 Å². The van der Waals surface area contributed by atoms with Gasteiger partial charge in [0.05, 0.1) is 17.1 Å². The first kappa shape index (κ1) is 16.7. The summed E-state index contributed by atoms with van der Waals surface area (Å²) >= 11 is 0. The molecule has 0 saturated carbocycles. The summed E-state index contributed by atoms with van der Waals surface area (Å²) in [5, 5.41) is 14.5. The Morgan fingerprint density at radius 2 is 1.78 bits per heavy atom. The minimum Gasteiger partial charge on any atom is -0.481 e. The maximum atomic E-state index is 11.7. The van der Waals surface area contributed by atoms with Gasteiger partial charge in [-0.1, -0.05) is 0 Å². The van der Waals surface area contributed by atoms with Crippen molar-refractivity contribution in [3.63, 3.8) is 0 Å². The second kappa shape index (κ2) is 6.04. The highest BCUT2D eigenvalue weighted by Crippen LogP contribution is 2.30. The molecule has 3 N–H and O–H groups in total. The van der Waals surface area contributed by atoms with Crippen LogP contribution >= 0.6 is 0 Å². The molecule has 0 saturated heterocycles. The molecule has 0 aliphatic rings. The Labute approximate surface area is 108 Å². The van der Waals surface area contributed by atoms with Crippen LogP contribution in [-0.4, -0.2) is 42.4 Å². The molecule has 106 valence electrons. The summed E-state index contributed by atoms with van der Waals surface area (Å²) in [5.74, 6) is -0.960. The van der Waals surface area contributed by atoms with E-state index in [0.717, 1.165) is 0 Å². The molecule has 0 aromatic rings. The largest absolute Gasteiger partial charge is 0.481 e. The molecule has 6 nitrogen and oxygen atoms in total. The molecule has 18 heavy (non-hydrogen) atoms. The average molecular weight is 260 g/mol. The second-order valence-corrected chi connectivity index (χ2v) is 5.44. The Morgan fingerprint density at radius 1 is 1.28 bits per heavy atom. The first-order chi connectivity index (χ1) is 8.04. The van der Waals surface area contributed by atoms with Crippen molar-refractivity contribution >= 4 is 12.0 Å². The van der Waals surface area contributed by atoms with E-state index in [1.807, 2.05) is 6.92 Å². The first-order valence-corrected chi connectivity index (χ1v) is 5.86. The number of hydrogen-bond acceptors (Lipinski definition) is 3. The number of methoxy groups -OCH3 is 1. The van der Waals surface area contributed by atoms with Crippen LogP contribution in [0, 0.1) is 5.41 Å². The molecule has 0 spiro atoms. The maximum absolute atomic E-state index is 11.7. The molecule has 2 amide bonds. The lowest BCUT2D eigenvalue weighted by atomic mass is 9.74. The predicted octanol–water partition coefficient (Wildman–Crippen LogP) is 1.21. The Balaban J connectivity index is 4.50. The molecule has 6 heteroatoms. The van der Waals surface area contributed by atoms with E-state index in [2.05, 4.69) is 10.6 Å². The molecule has 0 heterocycles. The van der Waals surface area contributed by atoms with Crippen molar-refractivity contribution in [2.45, 2.75) is 46.3 Å². The molecule has 0 rings (SSSR count). The first-order valence-electron chi connectivity index (χ1n) is 5.86. The lowest BCUT2D eigenvalue weighted by Gasteiger charge is -2.38. The van der Waals surface area contributed by atoms with Gasteiger partial charge >= 0.3 is 12.0 Å². The van der Waals surface area contributed by atoms with Crippen LogP contribution in [-0.2, 0) is 9.53 Å². The minimum atomic E-state index is -1.07. The van der Waals surface area contributed by atoms with Crippen LogP contribution in [0.4, 0.5) is 4.79 Å². The number of aliphatic carboxylic acids is 1. The van der Waals surface area contributed by atoms with Gasteiger partial charge < -0.3 is 20.5 Å². The summed E-state index contributed by atoms with van der Waals surface area (Å²) in [4.78, 5) is 22.8. The molecule has 0 aromatic carbocycles. The van der Waals surface area contributed by atoms with Crippen LogP contribution < -0.4 is 10.6 Å². The summed E-state index contributed by atoms with van der Waals surface area (Å²) in [6, 6.07) is -0.404. The zero-order valence-electron chi connectivity index (χ0n) is 12.0. The van der Waals surface area contributed by atoms with Crippen molar-refractivity contribution in [3.05, 3.63) is 0 Å². The van der Waals surface area contributed by atoms with E-state index in [1.165, 1.54) is 0 Å². The van der Waals surface area contributed by atoms with Crippen LogP contribution in [0.15, 0.2) is 0 Å². The van der Waals surface area contributed by atoms with Crippen molar-refractivity contribution in [1.29, 1.82) is 0 Å². The standard InChI is InChI=1S/C12H24N2O4/c1-8(18-6)7-13-10(17)14-12(4,5)11(2,3)9(15)16/h8H,7H2,1-6H3,(H,15,16)(H2,13,14,17). The number of carboxylic acid groups (broad SMARTS) is 1. The third kappa shape index (κ3) is 4.18. The predicted molar refractivity (Wildman–Crippen MR) is 68.5 cm³/mol. The van der Waals surface area contributed by atoms with Gasteiger partial charge in [-0.15, -0.1) is 0 Å². The van der Waals surface area contributed by atoms with Gasteiger partial charge in [0.15, 0.2) is 0 Å². The fourth-order valence-corrected chi connectivity index (χ4v) is 1.07. The SMILES string of the molecule is COC(C)CNC(=O)NC(C)(C)C(C)(C)C(=O)O. The van der Waals surface area contributed by atoms with Crippen LogP contribution in [0.2, 0.25) is 0 Å². The molecule has 0 fully saturated rings. The number of hydrogen-bond donors (Lipinski definition) is 3. The van der Waals surface area contributed by atoms with Gasteiger partial charge in [0.2, 0.25) is 0 Å². The van der Waals surface area contributed by atoms with E-state index >= 15 is 0 Å². The lowest BCUT2D eigenvalue weighted by Crippen LogP contribution is -2.59. The van der Waals surface area contributed by atoms with Crippen LogP contribution in [0.1, 0.15) is 34.6 Å². The Morgan fingerprint density at radius 3 is 2.17 bits per heavy atom. The quantitative estimate of drug-likeness (QED) is 0.670. The van der Waals surface area contributed by atoms with Crippen LogP contribution in [0.5, 0.6) is 0 Å². The van der Waals surface area contributed by atoms with Crippen molar-refractivity contribution in [2.75, 3.05) is 13.7 Å². The maximum Gasteiger partial charge on any atom is 0.315 e. The van der Waals surface area contributed by atoms with Crippen LogP contribution in [0.3, 0.4) is 0 Å². The molecule has 1 atom stereocenters. The van der Waals surface area contributed by atoms with Gasteiger partial charge in [-0.3, -0.25) is 4.79 Å². The molecule has 0 aromatic heterocycles. The summed E-state index contributed by atoms with van der Waals surface area (Å²) < 4.78 is 5.00. The van der Waals surface area contributed by atoms with Gasteiger partial charge in [-0.25, -0.2) is 4.79 Å². The van der Waals surface area contributed by atoms with E-state index in [4.69, 9.17) is 9.84 Å². The molecular weight excluding hydrogens is 236 g/mol. The van der Waals surface area contributed by atoms with Gasteiger partial charge in [-0.05, 0) is 34.6 Å². The molecule has 1 unspecified atom stereocenters. The normalized spacial score (nSPS) is 13.9. The summed E-state index contributed by atoms with van der Waals surface area (Å²) in [5.41, 5.74) is -1.95. The summed E-state index contributed by atoms with van der Waals surface area (Å²) in [7, 11) is 1.56. The van der Waals surface area contributed by atoms with Crippen molar-refractivity contribution < 1.29 is 19.4 Å². The summed E-state index contributed by atoms with van der Waals surface area (Å²) in [6.45, 7) is 8.71. The van der Waals surface area contributed by atoms with Crippen molar-refractivity contribution in [3.8, 4) is 0 Å². The molecule has 0 aliphatic carbocycles. The Hall–Kier alpha value is -1.30. The minimum absolute atomic E-state index is 0.0913. The topological polar surface area (TPSA) is 87.7 Å². The number of carboxylic acids is 1. The van der Waals surface area contributed by atoms with E-state index < -0.39 is 23.0 Å². The number of carbonyl (C=O) groups is 2. The number of carbonyl (C=O) groups excluding carboxylic acids is 1. The highest BCUT2D eigenvalue weighted by atomic mass is 16.5. The fourth-order valence-electron chi connectivity index (χ4n) is 1.07. The second-order valence-electron chi connectivity index (χ2n) is 5.44. The zero-order valence-corrected chi connectivity index (χ0v) is 12.0. The monoisotopic (exact) mass is 260 g/mol. The van der Waals surface area contributed by atoms with Crippen molar-refractivity contribution in [1.82, 2.24) is 10.6 Å². The number of rotatable bonds is 6. The Bertz CT molecular complexity index is 313. The van der Waals surface area contributed by atoms with Gasteiger partial charge in [0.25, 0.3) is 0 Å². The van der Waals surface area contributed by atoms with Crippen LogP contribution in [0.25, 0.3) is 0 Å². The molecule has 0 radical (unpaired) electrons. The van der Waals surface area contributed by atoms with E-state index in [-0.39, 0.29) is 6.10 Å². The van der Waals surface area contributed by atoms with Crippen molar-refractivity contribution in [2.24, 2.45) is 5.41 Å². The van der Waals surface area contributed by atoms with E-state index in [0.29, 0.717) is 6.54 Å². The third-order valence-electron chi connectivity index (χ3n) is 3.48. The van der Waals surface area contributed by atoms with Gasteiger partial charge in [-0.2, -0.15) is 0 Å². The molecule has 0 aliphatic heterocycles. The smallest absolute Gasteiger partial charge is 0.315 e. The highest BCUT2D eigenvalue weighted by molar-refractivity contribution is 5.79. The number of urea groups is 1. The fraction of sp³-hybridized carbons (Fsp3) is 0.833. The molecular formula is C12H24N2O4. The highest BCUT2D eigenvalue weighted by Gasteiger charge is 2.44. The lowest BCUT2D eigenvalue weighted by molar-refractivity contribution is -0.150. The number of nitrogens with one attached hydrogen (secondary N) is 2. The van der Waals surface area contributed by atoms with E-state index in [1.54, 1.807) is 34.8 Å². The number of ether oxygens (including phenoxy) is 1. The zero-order chi connectivity index (χ0) is 14.6. The van der Waals surface area contributed by atoms with Gasteiger partial charge in [0, 0.05) is 13.7 Å².